The quantitative estimate of drug-likeness (QED) is 0.462. The maximum Gasteiger partial charge on any atom is 0.269 e. The fourth-order valence-corrected chi connectivity index (χ4v) is 2.49. The predicted molar refractivity (Wildman–Crippen MR) is 87.2 cm³/mol. The summed E-state index contributed by atoms with van der Waals surface area (Å²) in [6, 6.07) is 5.89. The van der Waals surface area contributed by atoms with Crippen molar-refractivity contribution < 1.29 is 19.2 Å². The van der Waals surface area contributed by atoms with Crippen molar-refractivity contribution in [1.82, 2.24) is 14.8 Å². The number of carbonyl (C=O) groups excluding carboxylic acids is 1. The maximum atomic E-state index is 13.1. The van der Waals surface area contributed by atoms with E-state index in [4.69, 9.17) is 9.47 Å². The molecule has 1 aliphatic heterocycles. The molecule has 9 heteroatoms. The summed E-state index contributed by atoms with van der Waals surface area (Å²) in [4.78, 5) is 27.2. The molecule has 0 bridgehead atoms. The average Bonchev–Trinajstić information content (AvgIpc) is 3.14. The molecule has 0 unspecified atom stereocenters. The SMILES string of the molecule is CC1(C(=O)C(=Cc2ccc([N+](=O)[O-])cc2)n2cncn2)COCOC1. The Hall–Kier alpha value is -2.91. The number of allylic oxidation sites excluding steroid dienone is 1. The third-order valence-electron chi connectivity index (χ3n) is 3.86. The van der Waals surface area contributed by atoms with Gasteiger partial charge in [-0.2, -0.15) is 5.10 Å². The number of hydrogen-bond donors (Lipinski definition) is 0. The lowest BCUT2D eigenvalue weighted by Crippen LogP contribution is -2.42. The number of nitro groups is 1. The zero-order chi connectivity index (χ0) is 17.9. The lowest BCUT2D eigenvalue weighted by atomic mass is 9.85. The van der Waals surface area contributed by atoms with Gasteiger partial charge in [0.05, 0.1) is 23.6 Å². The number of hydrogen-bond acceptors (Lipinski definition) is 7. The number of ether oxygens (including phenoxy) is 2. The van der Waals surface area contributed by atoms with Crippen LogP contribution in [-0.2, 0) is 14.3 Å². The first-order valence-electron chi connectivity index (χ1n) is 7.51. The summed E-state index contributed by atoms with van der Waals surface area (Å²) < 4.78 is 11.9. The topological polar surface area (TPSA) is 109 Å². The zero-order valence-corrected chi connectivity index (χ0v) is 13.5. The van der Waals surface area contributed by atoms with Crippen molar-refractivity contribution >= 4 is 23.2 Å². The van der Waals surface area contributed by atoms with Crippen LogP contribution < -0.4 is 0 Å². The van der Waals surface area contributed by atoms with Crippen molar-refractivity contribution in [3.8, 4) is 0 Å². The highest BCUT2D eigenvalue weighted by Gasteiger charge is 2.39. The van der Waals surface area contributed by atoms with Crippen LogP contribution in [0.5, 0.6) is 0 Å². The molecule has 0 amide bonds. The van der Waals surface area contributed by atoms with Crippen molar-refractivity contribution in [2.75, 3.05) is 20.0 Å². The summed E-state index contributed by atoms with van der Waals surface area (Å²) >= 11 is 0. The van der Waals surface area contributed by atoms with E-state index in [1.807, 2.05) is 0 Å². The molecule has 1 saturated heterocycles. The summed E-state index contributed by atoms with van der Waals surface area (Å²) in [6.45, 7) is 2.39. The van der Waals surface area contributed by atoms with Gasteiger partial charge in [0.15, 0.2) is 5.78 Å². The van der Waals surface area contributed by atoms with Crippen LogP contribution in [0.15, 0.2) is 36.9 Å². The number of non-ortho nitro benzene ring substituents is 1. The number of nitro benzene ring substituents is 1. The highest BCUT2D eigenvalue weighted by atomic mass is 16.7. The van der Waals surface area contributed by atoms with Crippen molar-refractivity contribution in [1.29, 1.82) is 0 Å². The first-order chi connectivity index (χ1) is 12.0. The molecule has 0 radical (unpaired) electrons. The monoisotopic (exact) mass is 344 g/mol. The highest BCUT2D eigenvalue weighted by molar-refractivity contribution is 6.22. The number of benzene rings is 1. The van der Waals surface area contributed by atoms with E-state index >= 15 is 0 Å². The van der Waals surface area contributed by atoms with Crippen molar-refractivity contribution in [2.45, 2.75) is 6.92 Å². The van der Waals surface area contributed by atoms with Gasteiger partial charge in [0.25, 0.3) is 5.69 Å². The molecule has 0 saturated carbocycles. The molecule has 1 aromatic heterocycles. The number of ketones is 1. The molecular formula is C16H16N4O5. The normalized spacial score (nSPS) is 17.2. The summed E-state index contributed by atoms with van der Waals surface area (Å²) in [6.07, 6.45) is 4.36. The second-order valence-electron chi connectivity index (χ2n) is 5.92. The number of carbonyl (C=O) groups is 1. The molecule has 0 N–H and O–H groups in total. The van der Waals surface area contributed by atoms with Crippen LogP contribution in [0.2, 0.25) is 0 Å². The fraction of sp³-hybridized carbons (Fsp3) is 0.312. The Morgan fingerprint density at radius 1 is 1.32 bits per heavy atom. The van der Waals surface area contributed by atoms with Gasteiger partial charge in [-0.25, -0.2) is 9.67 Å². The van der Waals surface area contributed by atoms with Gasteiger partial charge < -0.3 is 9.47 Å². The van der Waals surface area contributed by atoms with Crippen LogP contribution in [-0.4, -0.2) is 45.5 Å². The third-order valence-corrected chi connectivity index (χ3v) is 3.86. The molecule has 130 valence electrons. The van der Waals surface area contributed by atoms with E-state index in [-0.39, 0.29) is 37.2 Å². The lowest BCUT2D eigenvalue weighted by molar-refractivity contribution is -0.384. The second kappa shape index (κ2) is 6.91. The number of nitrogens with zero attached hydrogens (tertiary/aromatic N) is 4. The first-order valence-corrected chi connectivity index (χ1v) is 7.51. The van der Waals surface area contributed by atoms with Gasteiger partial charge in [0.2, 0.25) is 0 Å². The van der Waals surface area contributed by atoms with Crippen LogP contribution >= 0.6 is 0 Å². The van der Waals surface area contributed by atoms with E-state index in [0.717, 1.165) is 0 Å². The lowest BCUT2D eigenvalue weighted by Gasteiger charge is -2.32. The van der Waals surface area contributed by atoms with Crippen molar-refractivity contribution in [2.24, 2.45) is 5.41 Å². The minimum absolute atomic E-state index is 0.0215. The van der Waals surface area contributed by atoms with E-state index in [0.29, 0.717) is 5.56 Å². The molecule has 9 nitrogen and oxygen atoms in total. The predicted octanol–water partition coefficient (Wildman–Crippen LogP) is 1.76. The largest absolute Gasteiger partial charge is 0.354 e. The van der Waals surface area contributed by atoms with Gasteiger partial charge in [0.1, 0.15) is 25.1 Å². The van der Waals surface area contributed by atoms with Crippen LogP contribution in [0.4, 0.5) is 5.69 Å². The number of rotatable bonds is 5. The van der Waals surface area contributed by atoms with Gasteiger partial charge in [-0.3, -0.25) is 14.9 Å². The third kappa shape index (κ3) is 3.62. The molecule has 3 rings (SSSR count). The van der Waals surface area contributed by atoms with E-state index < -0.39 is 10.3 Å². The smallest absolute Gasteiger partial charge is 0.269 e. The molecule has 0 aliphatic carbocycles. The Kier molecular flexibility index (Phi) is 4.68. The zero-order valence-electron chi connectivity index (χ0n) is 13.5. The summed E-state index contributed by atoms with van der Waals surface area (Å²) in [7, 11) is 0. The van der Waals surface area contributed by atoms with E-state index in [1.54, 1.807) is 25.1 Å². The Bertz CT molecular complexity index is 792. The summed E-state index contributed by atoms with van der Waals surface area (Å²) in [5.74, 6) is -0.212. The van der Waals surface area contributed by atoms with Gasteiger partial charge in [0, 0.05) is 12.1 Å². The minimum atomic E-state index is -0.850. The summed E-state index contributed by atoms with van der Waals surface area (Å²) in [5, 5.41) is 14.8. The Labute approximate surface area is 143 Å². The highest BCUT2D eigenvalue weighted by Crippen LogP contribution is 2.29. The van der Waals surface area contributed by atoms with Crippen molar-refractivity contribution in [3.63, 3.8) is 0 Å². The maximum absolute atomic E-state index is 13.1. The molecule has 0 atom stereocenters. The summed E-state index contributed by atoms with van der Waals surface area (Å²) in [5.41, 5.74) is 0.0389. The molecule has 2 aromatic rings. The minimum Gasteiger partial charge on any atom is -0.354 e. The second-order valence-corrected chi connectivity index (χ2v) is 5.92. The van der Waals surface area contributed by atoms with Gasteiger partial charge in [-0.1, -0.05) is 0 Å². The standard InChI is InChI=1S/C16H16N4O5/c1-16(7-24-11-25-8-16)15(21)14(19-10-17-9-18-19)6-12-2-4-13(5-3-12)20(22)23/h2-6,9-10H,7-8,11H2,1H3. The molecular weight excluding hydrogens is 328 g/mol. The van der Waals surface area contributed by atoms with E-state index in [9.17, 15) is 14.9 Å². The fourth-order valence-electron chi connectivity index (χ4n) is 2.49. The van der Waals surface area contributed by atoms with Crippen LogP contribution in [0, 0.1) is 15.5 Å². The molecule has 1 aliphatic rings. The Morgan fingerprint density at radius 3 is 2.56 bits per heavy atom. The Morgan fingerprint density at radius 2 is 2.00 bits per heavy atom. The molecule has 1 aromatic carbocycles. The van der Waals surface area contributed by atoms with Crippen LogP contribution in [0.1, 0.15) is 12.5 Å². The van der Waals surface area contributed by atoms with Crippen LogP contribution in [0.3, 0.4) is 0 Å². The van der Waals surface area contributed by atoms with Gasteiger partial charge in [-0.05, 0) is 30.7 Å². The van der Waals surface area contributed by atoms with E-state index in [1.165, 1.54) is 29.5 Å². The van der Waals surface area contributed by atoms with Gasteiger partial charge >= 0.3 is 0 Å². The van der Waals surface area contributed by atoms with Crippen molar-refractivity contribution in [3.05, 3.63) is 52.6 Å². The average molecular weight is 344 g/mol. The Balaban J connectivity index is 1.97. The molecule has 25 heavy (non-hydrogen) atoms. The molecule has 2 heterocycles. The van der Waals surface area contributed by atoms with Gasteiger partial charge in [-0.15, -0.1) is 0 Å². The van der Waals surface area contributed by atoms with Crippen LogP contribution in [0.25, 0.3) is 11.8 Å². The first kappa shape index (κ1) is 16.9. The van der Waals surface area contributed by atoms with E-state index in [2.05, 4.69) is 10.1 Å². The molecule has 0 spiro atoms. The number of Topliss-reactive ketones (excluding diaryl/α,β-unsaturated/α-hetero) is 1. The number of aromatic nitrogens is 3. The molecule has 1 fully saturated rings.